The lowest BCUT2D eigenvalue weighted by atomic mass is 10.2. The average molecular weight is 410 g/mol. The molecule has 3 aromatic rings. The Kier molecular flexibility index (Phi) is 6.97. The van der Waals surface area contributed by atoms with Gasteiger partial charge in [-0.25, -0.2) is 0 Å². The molecule has 0 fully saturated rings. The summed E-state index contributed by atoms with van der Waals surface area (Å²) in [6, 6.07) is 17.9. The standard InChI is InChI=1S/C22H22N2O4S/c1-3-20(22(26)24-17-10-4-5-11-18(17)27-2)29-16-9-6-8-15(14-16)23-21(25)19-12-7-13-28-19/h4-14,20H,3H2,1-2H3,(H,23,25)(H,24,26). The van der Waals surface area contributed by atoms with Crippen molar-refractivity contribution < 1.29 is 18.7 Å². The number of amides is 2. The van der Waals surface area contributed by atoms with E-state index in [-0.39, 0.29) is 22.8 Å². The lowest BCUT2D eigenvalue weighted by Crippen LogP contribution is -2.24. The topological polar surface area (TPSA) is 80.6 Å². The zero-order valence-electron chi connectivity index (χ0n) is 16.2. The molecule has 2 amide bonds. The molecule has 1 unspecified atom stereocenters. The predicted octanol–water partition coefficient (Wildman–Crippen LogP) is 5.05. The van der Waals surface area contributed by atoms with Crippen LogP contribution in [-0.2, 0) is 4.79 Å². The van der Waals surface area contributed by atoms with Gasteiger partial charge in [0.05, 0.1) is 24.3 Å². The average Bonchev–Trinajstić information content (AvgIpc) is 3.28. The van der Waals surface area contributed by atoms with Crippen LogP contribution in [0.15, 0.2) is 76.2 Å². The van der Waals surface area contributed by atoms with Gasteiger partial charge in [0.2, 0.25) is 5.91 Å². The molecule has 1 atom stereocenters. The Hall–Kier alpha value is -3.19. The first kappa shape index (κ1) is 20.5. The van der Waals surface area contributed by atoms with Crippen molar-refractivity contribution in [1.29, 1.82) is 0 Å². The van der Waals surface area contributed by atoms with Crippen LogP contribution in [0.2, 0.25) is 0 Å². The van der Waals surface area contributed by atoms with Gasteiger partial charge in [-0.15, -0.1) is 11.8 Å². The minimum atomic E-state index is -0.321. The minimum absolute atomic E-state index is 0.105. The van der Waals surface area contributed by atoms with E-state index in [0.29, 0.717) is 23.5 Å². The summed E-state index contributed by atoms with van der Waals surface area (Å²) in [4.78, 5) is 25.8. The molecule has 0 saturated carbocycles. The number of carbonyl (C=O) groups is 2. The van der Waals surface area contributed by atoms with Crippen molar-refractivity contribution in [3.8, 4) is 5.75 Å². The number of benzene rings is 2. The summed E-state index contributed by atoms with van der Waals surface area (Å²) in [5.74, 6) is 0.430. The highest BCUT2D eigenvalue weighted by Crippen LogP contribution is 2.30. The second kappa shape index (κ2) is 9.84. The number of hydrogen-bond acceptors (Lipinski definition) is 5. The number of para-hydroxylation sites is 2. The number of anilines is 2. The monoisotopic (exact) mass is 410 g/mol. The van der Waals surface area contributed by atoms with E-state index >= 15 is 0 Å². The molecular weight excluding hydrogens is 388 g/mol. The van der Waals surface area contributed by atoms with Gasteiger partial charge in [0, 0.05) is 10.6 Å². The minimum Gasteiger partial charge on any atom is -0.495 e. The van der Waals surface area contributed by atoms with Crippen LogP contribution in [0.5, 0.6) is 5.75 Å². The van der Waals surface area contributed by atoms with Gasteiger partial charge in [0.15, 0.2) is 5.76 Å². The quantitative estimate of drug-likeness (QED) is 0.508. The maximum Gasteiger partial charge on any atom is 0.291 e. The Bertz CT molecular complexity index is 972. The van der Waals surface area contributed by atoms with Gasteiger partial charge in [-0.05, 0) is 48.9 Å². The molecule has 0 radical (unpaired) electrons. The molecule has 2 N–H and O–H groups in total. The molecule has 6 nitrogen and oxygen atoms in total. The lowest BCUT2D eigenvalue weighted by molar-refractivity contribution is -0.115. The molecule has 1 heterocycles. The van der Waals surface area contributed by atoms with Gasteiger partial charge in [-0.2, -0.15) is 0 Å². The fourth-order valence-corrected chi connectivity index (χ4v) is 3.71. The Balaban J connectivity index is 1.67. The molecule has 0 aliphatic carbocycles. The van der Waals surface area contributed by atoms with E-state index in [1.165, 1.54) is 18.0 Å². The van der Waals surface area contributed by atoms with Crippen molar-refractivity contribution in [3.05, 3.63) is 72.7 Å². The highest BCUT2D eigenvalue weighted by Gasteiger charge is 2.19. The number of rotatable bonds is 8. The van der Waals surface area contributed by atoms with Crippen molar-refractivity contribution >= 4 is 35.0 Å². The van der Waals surface area contributed by atoms with E-state index in [4.69, 9.17) is 9.15 Å². The van der Waals surface area contributed by atoms with Gasteiger partial charge in [-0.3, -0.25) is 9.59 Å². The van der Waals surface area contributed by atoms with Crippen LogP contribution in [0.3, 0.4) is 0 Å². The number of furan rings is 1. The van der Waals surface area contributed by atoms with Gasteiger partial charge < -0.3 is 19.8 Å². The summed E-state index contributed by atoms with van der Waals surface area (Å²) in [6.07, 6.45) is 2.10. The lowest BCUT2D eigenvalue weighted by Gasteiger charge is -2.16. The van der Waals surface area contributed by atoms with Crippen LogP contribution in [0, 0.1) is 0 Å². The zero-order chi connectivity index (χ0) is 20.6. The molecule has 0 saturated heterocycles. The van der Waals surface area contributed by atoms with Crippen molar-refractivity contribution in [1.82, 2.24) is 0 Å². The summed E-state index contributed by atoms with van der Waals surface area (Å²) in [5.41, 5.74) is 1.27. The van der Waals surface area contributed by atoms with Crippen LogP contribution in [-0.4, -0.2) is 24.2 Å². The normalized spacial score (nSPS) is 11.5. The summed E-state index contributed by atoms with van der Waals surface area (Å²) in [5, 5.41) is 5.43. The van der Waals surface area contributed by atoms with Crippen LogP contribution in [0.1, 0.15) is 23.9 Å². The number of thioether (sulfide) groups is 1. The van der Waals surface area contributed by atoms with E-state index in [0.717, 1.165) is 4.90 Å². The second-order valence-corrected chi connectivity index (χ2v) is 7.44. The van der Waals surface area contributed by atoms with Gasteiger partial charge in [0.25, 0.3) is 5.91 Å². The van der Waals surface area contributed by atoms with Crippen molar-refractivity contribution in [3.63, 3.8) is 0 Å². The molecular formula is C22H22N2O4S. The Morgan fingerprint density at radius 1 is 1.07 bits per heavy atom. The molecule has 0 bridgehead atoms. The number of methoxy groups -OCH3 is 1. The summed E-state index contributed by atoms with van der Waals surface area (Å²) in [7, 11) is 1.57. The number of nitrogens with one attached hydrogen (secondary N) is 2. The maximum absolute atomic E-state index is 12.8. The van der Waals surface area contributed by atoms with Gasteiger partial charge in [0.1, 0.15) is 5.75 Å². The third-order valence-corrected chi connectivity index (χ3v) is 5.50. The summed E-state index contributed by atoms with van der Waals surface area (Å²) >= 11 is 1.44. The highest BCUT2D eigenvalue weighted by molar-refractivity contribution is 8.00. The van der Waals surface area contributed by atoms with E-state index in [1.807, 2.05) is 37.3 Å². The molecule has 150 valence electrons. The first-order valence-electron chi connectivity index (χ1n) is 9.16. The zero-order valence-corrected chi connectivity index (χ0v) is 17.0. The largest absolute Gasteiger partial charge is 0.495 e. The maximum atomic E-state index is 12.8. The first-order valence-corrected chi connectivity index (χ1v) is 10.0. The Labute approximate surface area is 173 Å². The van der Waals surface area contributed by atoms with Crippen LogP contribution in [0.25, 0.3) is 0 Å². The van der Waals surface area contributed by atoms with Gasteiger partial charge >= 0.3 is 0 Å². The second-order valence-electron chi connectivity index (χ2n) is 6.16. The molecule has 0 aliphatic heterocycles. The first-order chi connectivity index (χ1) is 14.1. The van der Waals surface area contributed by atoms with Crippen LogP contribution >= 0.6 is 11.8 Å². The molecule has 3 rings (SSSR count). The number of hydrogen-bond donors (Lipinski definition) is 2. The molecule has 29 heavy (non-hydrogen) atoms. The SMILES string of the molecule is CCC(Sc1cccc(NC(=O)c2ccco2)c1)C(=O)Nc1ccccc1OC. The fraction of sp³-hybridized carbons (Fsp3) is 0.182. The number of carbonyl (C=O) groups excluding carboxylic acids is 2. The predicted molar refractivity (Wildman–Crippen MR) is 115 cm³/mol. The fourth-order valence-electron chi connectivity index (χ4n) is 2.70. The Morgan fingerprint density at radius 2 is 1.90 bits per heavy atom. The molecule has 1 aromatic heterocycles. The van der Waals surface area contributed by atoms with E-state index in [1.54, 1.807) is 37.4 Å². The van der Waals surface area contributed by atoms with E-state index in [2.05, 4.69) is 10.6 Å². The smallest absolute Gasteiger partial charge is 0.291 e. The van der Waals surface area contributed by atoms with E-state index in [9.17, 15) is 9.59 Å². The van der Waals surface area contributed by atoms with Crippen molar-refractivity contribution in [2.24, 2.45) is 0 Å². The summed E-state index contributed by atoms with van der Waals surface area (Å²) in [6.45, 7) is 1.96. The van der Waals surface area contributed by atoms with Crippen LogP contribution in [0.4, 0.5) is 11.4 Å². The summed E-state index contributed by atoms with van der Waals surface area (Å²) < 4.78 is 10.4. The Morgan fingerprint density at radius 3 is 2.62 bits per heavy atom. The molecule has 2 aromatic carbocycles. The third-order valence-electron chi connectivity index (χ3n) is 4.14. The van der Waals surface area contributed by atoms with Crippen LogP contribution < -0.4 is 15.4 Å². The van der Waals surface area contributed by atoms with E-state index < -0.39 is 0 Å². The molecule has 7 heteroatoms. The molecule has 0 aliphatic rings. The van der Waals surface area contributed by atoms with Crippen molar-refractivity contribution in [2.75, 3.05) is 17.7 Å². The highest BCUT2D eigenvalue weighted by atomic mass is 32.2. The number of ether oxygens (including phenoxy) is 1. The third kappa shape index (κ3) is 5.42. The molecule has 0 spiro atoms. The van der Waals surface area contributed by atoms with Gasteiger partial charge in [-0.1, -0.05) is 25.1 Å². The van der Waals surface area contributed by atoms with Crippen molar-refractivity contribution in [2.45, 2.75) is 23.5 Å².